The standard InChI is InChI=1S/C30H38O/c1-2-3-4-5-6-7-8-9-10-17-22-28-29(31)24-23-27(25-18-13-11-14-19-25)30(28)26-20-15-12-16-21-26/h11-16,18-21,23-24,31H,2-10,17,22H2,1H3. The first-order valence-corrected chi connectivity index (χ1v) is 12.3. The maximum absolute atomic E-state index is 10.8. The topological polar surface area (TPSA) is 20.2 Å². The van der Waals surface area contributed by atoms with Crippen LogP contribution < -0.4 is 0 Å². The number of hydrogen-bond donors (Lipinski definition) is 1. The van der Waals surface area contributed by atoms with Gasteiger partial charge in [0.1, 0.15) is 5.75 Å². The van der Waals surface area contributed by atoms with Crippen LogP contribution in [-0.2, 0) is 6.42 Å². The molecule has 0 amide bonds. The smallest absolute Gasteiger partial charge is 0.119 e. The molecular formula is C30H38O. The quantitative estimate of drug-likeness (QED) is 0.276. The molecule has 0 heterocycles. The van der Waals surface area contributed by atoms with Crippen LogP contribution in [0.4, 0.5) is 0 Å². The van der Waals surface area contributed by atoms with Gasteiger partial charge in [-0.1, -0.05) is 131 Å². The van der Waals surface area contributed by atoms with Gasteiger partial charge in [0.15, 0.2) is 0 Å². The Labute approximate surface area is 189 Å². The second kappa shape index (κ2) is 13.0. The zero-order chi connectivity index (χ0) is 21.7. The first kappa shape index (κ1) is 23.1. The Morgan fingerprint density at radius 2 is 1.06 bits per heavy atom. The Kier molecular flexibility index (Phi) is 9.70. The van der Waals surface area contributed by atoms with Gasteiger partial charge in [-0.25, -0.2) is 0 Å². The van der Waals surface area contributed by atoms with Crippen LogP contribution in [-0.4, -0.2) is 5.11 Å². The van der Waals surface area contributed by atoms with Crippen molar-refractivity contribution in [1.82, 2.24) is 0 Å². The third kappa shape index (κ3) is 6.99. The van der Waals surface area contributed by atoms with Crippen molar-refractivity contribution < 1.29 is 5.11 Å². The fraction of sp³-hybridized carbons (Fsp3) is 0.400. The summed E-state index contributed by atoms with van der Waals surface area (Å²) in [6.07, 6.45) is 14.2. The Hall–Kier alpha value is -2.54. The zero-order valence-electron chi connectivity index (χ0n) is 19.2. The van der Waals surface area contributed by atoms with E-state index < -0.39 is 0 Å². The number of phenols is 1. The van der Waals surface area contributed by atoms with Crippen molar-refractivity contribution in [2.24, 2.45) is 0 Å². The number of rotatable bonds is 13. The molecule has 164 valence electrons. The lowest BCUT2D eigenvalue weighted by atomic mass is 9.88. The van der Waals surface area contributed by atoms with E-state index in [0.717, 1.165) is 18.4 Å². The summed E-state index contributed by atoms with van der Waals surface area (Å²) in [4.78, 5) is 0. The molecule has 3 rings (SSSR count). The Balaban J connectivity index is 1.66. The van der Waals surface area contributed by atoms with Crippen molar-refractivity contribution in [2.75, 3.05) is 0 Å². The van der Waals surface area contributed by atoms with E-state index in [-0.39, 0.29) is 0 Å². The molecule has 3 aromatic rings. The summed E-state index contributed by atoms with van der Waals surface area (Å²) < 4.78 is 0. The maximum Gasteiger partial charge on any atom is 0.119 e. The molecule has 0 atom stereocenters. The van der Waals surface area contributed by atoms with E-state index in [9.17, 15) is 5.11 Å². The van der Waals surface area contributed by atoms with E-state index in [1.165, 1.54) is 80.0 Å². The maximum atomic E-state index is 10.8. The van der Waals surface area contributed by atoms with E-state index in [1.54, 1.807) is 0 Å². The molecular weight excluding hydrogens is 376 g/mol. The molecule has 1 heteroatoms. The number of aromatic hydroxyl groups is 1. The largest absolute Gasteiger partial charge is 0.508 e. The van der Waals surface area contributed by atoms with Crippen molar-refractivity contribution >= 4 is 0 Å². The van der Waals surface area contributed by atoms with Gasteiger partial charge in [0.25, 0.3) is 0 Å². The van der Waals surface area contributed by atoms with Crippen LogP contribution >= 0.6 is 0 Å². The summed E-state index contributed by atoms with van der Waals surface area (Å²) in [7, 11) is 0. The molecule has 0 aliphatic heterocycles. The Morgan fingerprint density at radius 1 is 0.548 bits per heavy atom. The van der Waals surface area contributed by atoms with Crippen LogP contribution in [0, 0.1) is 0 Å². The van der Waals surface area contributed by atoms with E-state index in [1.807, 2.05) is 6.07 Å². The fourth-order valence-corrected chi connectivity index (χ4v) is 4.47. The monoisotopic (exact) mass is 414 g/mol. The number of benzene rings is 3. The third-order valence-corrected chi connectivity index (χ3v) is 6.22. The van der Waals surface area contributed by atoms with Gasteiger partial charge in [0.05, 0.1) is 0 Å². The third-order valence-electron chi connectivity index (χ3n) is 6.22. The second-order valence-electron chi connectivity index (χ2n) is 8.65. The van der Waals surface area contributed by atoms with E-state index in [4.69, 9.17) is 0 Å². The van der Waals surface area contributed by atoms with Crippen molar-refractivity contribution in [2.45, 2.75) is 77.6 Å². The molecule has 0 spiro atoms. The molecule has 0 radical (unpaired) electrons. The van der Waals surface area contributed by atoms with Crippen LogP contribution in [0.1, 0.15) is 76.7 Å². The minimum Gasteiger partial charge on any atom is -0.508 e. The number of unbranched alkanes of at least 4 members (excludes halogenated alkanes) is 9. The summed E-state index contributed by atoms with van der Waals surface area (Å²) in [5.41, 5.74) is 5.85. The van der Waals surface area contributed by atoms with Crippen LogP contribution in [0.25, 0.3) is 22.3 Å². The van der Waals surface area contributed by atoms with Crippen LogP contribution in [0.2, 0.25) is 0 Å². The van der Waals surface area contributed by atoms with Crippen molar-refractivity contribution in [3.05, 3.63) is 78.4 Å². The van der Waals surface area contributed by atoms with Gasteiger partial charge in [0, 0.05) is 5.56 Å². The molecule has 1 nitrogen and oxygen atoms in total. The average Bonchev–Trinajstić information content (AvgIpc) is 2.82. The van der Waals surface area contributed by atoms with Gasteiger partial charge >= 0.3 is 0 Å². The molecule has 31 heavy (non-hydrogen) atoms. The molecule has 3 aromatic carbocycles. The highest BCUT2D eigenvalue weighted by atomic mass is 16.3. The van der Waals surface area contributed by atoms with Gasteiger partial charge in [-0.05, 0) is 41.2 Å². The van der Waals surface area contributed by atoms with Crippen molar-refractivity contribution in [3.8, 4) is 28.0 Å². The van der Waals surface area contributed by atoms with Crippen molar-refractivity contribution in [3.63, 3.8) is 0 Å². The average molecular weight is 415 g/mol. The molecule has 0 fully saturated rings. The summed E-state index contributed by atoms with van der Waals surface area (Å²) in [5.74, 6) is 0.425. The number of hydrogen-bond acceptors (Lipinski definition) is 1. The first-order chi connectivity index (χ1) is 15.3. The zero-order valence-corrected chi connectivity index (χ0v) is 19.2. The summed E-state index contributed by atoms with van der Waals surface area (Å²) >= 11 is 0. The molecule has 0 aromatic heterocycles. The van der Waals surface area contributed by atoms with E-state index in [0.29, 0.717) is 5.75 Å². The lowest BCUT2D eigenvalue weighted by Gasteiger charge is -2.17. The summed E-state index contributed by atoms with van der Waals surface area (Å²) in [5, 5.41) is 10.8. The lowest BCUT2D eigenvalue weighted by Crippen LogP contribution is -1.96. The predicted octanol–water partition coefficient (Wildman–Crippen LogP) is 9.19. The minimum atomic E-state index is 0.425. The fourth-order valence-electron chi connectivity index (χ4n) is 4.47. The molecule has 0 aliphatic carbocycles. The Morgan fingerprint density at radius 3 is 1.65 bits per heavy atom. The normalized spacial score (nSPS) is 11.0. The van der Waals surface area contributed by atoms with Gasteiger partial charge in [0.2, 0.25) is 0 Å². The van der Waals surface area contributed by atoms with Crippen LogP contribution in [0.3, 0.4) is 0 Å². The van der Waals surface area contributed by atoms with Gasteiger partial charge in [-0.3, -0.25) is 0 Å². The SMILES string of the molecule is CCCCCCCCCCCCc1c(O)ccc(-c2ccccc2)c1-c1ccccc1. The van der Waals surface area contributed by atoms with Gasteiger partial charge in [-0.15, -0.1) is 0 Å². The lowest BCUT2D eigenvalue weighted by molar-refractivity contribution is 0.466. The van der Waals surface area contributed by atoms with Crippen molar-refractivity contribution in [1.29, 1.82) is 0 Å². The highest BCUT2D eigenvalue weighted by Gasteiger charge is 2.16. The summed E-state index contributed by atoms with van der Waals surface area (Å²) in [6, 6.07) is 25.0. The second-order valence-corrected chi connectivity index (χ2v) is 8.65. The minimum absolute atomic E-state index is 0.425. The van der Waals surface area contributed by atoms with Crippen LogP contribution in [0.15, 0.2) is 72.8 Å². The predicted molar refractivity (Wildman–Crippen MR) is 135 cm³/mol. The van der Waals surface area contributed by atoms with E-state index >= 15 is 0 Å². The molecule has 1 N–H and O–H groups in total. The molecule has 0 unspecified atom stereocenters. The highest BCUT2D eigenvalue weighted by Crippen LogP contribution is 2.39. The number of phenolic OH excluding ortho intramolecular Hbond substituents is 1. The summed E-state index contributed by atoms with van der Waals surface area (Å²) in [6.45, 7) is 2.27. The highest BCUT2D eigenvalue weighted by molar-refractivity contribution is 5.87. The molecule has 0 saturated carbocycles. The first-order valence-electron chi connectivity index (χ1n) is 12.3. The Bertz CT molecular complexity index is 883. The molecule has 0 bridgehead atoms. The molecule has 0 saturated heterocycles. The molecule has 0 aliphatic rings. The van der Waals surface area contributed by atoms with Crippen LogP contribution in [0.5, 0.6) is 5.75 Å². The van der Waals surface area contributed by atoms with Gasteiger partial charge in [-0.2, -0.15) is 0 Å². The van der Waals surface area contributed by atoms with E-state index in [2.05, 4.69) is 73.7 Å². The van der Waals surface area contributed by atoms with Gasteiger partial charge < -0.3 is 5.11 Å².